The largest absolute Gasteiger partial charge is 0.485 e. The molecule has 3 aromatic heterocycles. The first-order chi connectivity index (χ1) is 20.6. The van der Waals surface area contributed by atoms with E-state index in [1.807, 2.05) is 98.0 Å². The summed E-state index contributed by atoms with van der Waals surface area (Å²) in [7, 11) is 0. The molecule has 0 aliphatic rings. The fourth-order valence-electron chi connectivity index (χ4n) is 4.94. The Kier molecular flexibility index (Phi) is 8.01. The Hall–Kier alpha value is -4.88. The Morgan fingerprint density at radius 3 is 2.31 bits per heavy atom. The van der Waals surface area contributed by atoms with Crippen molar-refractivity contribution in [1.82, 2.24) is 14.5 Å². The molecule has 3 heterocycles. The molecule has 0 amide bonds. The Labute approximate surface area is 247 Å². The van der Waals surface area contributed by atoms with Gasteiger partial charge in [0.05, 0.1) is 16.8 Å². The molecular formula is C35H28FN3O2S. The summed E-state index contributed by atoms with van der Waals surface area (Å²) < 4.78 is 23.0. The van der Waals surface area contributed by atoms with Crippen LogP contribution in [0.25, 0.3) is 32.3 Å². The zero-order valence-corrected chi connectivity index (χ0v) is 23.9. The van der Waals surface area contributed by atoms with Crippen LogP contribution in [0.15, 0.2) is 120 Å². The number of aryl methyl sites for hydroxylation is 2. The summed E-state index contributed by atoms with van der Waals surface area (Å²) in [6, 6.07) is 32.2. The van der Waals surface area contributed by atoms with Gasteiger partial charge < -0.3 is 4.74 Å². The number of hydrogen-bond donors (Lipinski definition) is 0. The van der Waals surface area contributed by atoms with E-state index in [-0.39, 0.29) is 17.9 Å². The summed E-state index contributed by atoms with van der Waals surface area (Å²) in [5.41, 5.74) is 4.36. The van der Waals surface area contributed by atoms with Gasteiger partial charge in [-0.1, -0.05) is 72.8 Å². The third kappa shape index (κ3) is 5.78. The molecule has 0 atom stereocenters. The molecule has 5 nitrogen and oxygen atoms in total. The van der Waals surface area contributed by atoms with Crippen LogP contribution in [0.3, 0.4) is 0 Å². The zero-order valence-electron chi connectivity index (χ0n) is 23.0. The van der Waals surface area contributed by atoms with Crippen molar-refractivity contribution in [2.24, 2.45) is 0 Å². The lowest BCUT2D eigenvalue weighted by molar-refractivity contribution is 0.291. The van der Waals surface area contributed by atoms with E-state index < -0.39 is 5.82 Å². The van der Waals surface area contributed by atoms with Crippen LogP contribution in [0.2, 0.25) is 0 Å². The molecule has 0 aliphatic heterocycles. The van der Waals surface area contributed by atoms with Crippen molar-refractivity contribution in [2.75, 3.05) is 0 Å². The van der Waals surface area contributed by atoms with Gasteiger partial charge in [-0.05, 0) is 54.8 Å². The number of halogens is 1. The van der Waals surface area contributed by atoms with Gasteiger partial charge in [-0.25, -0.2) is 9.37 Å². The summed E-state index contributed by atoms with van der Waals surface area (Å²) in [6.07, 6.45) is 4.15. The van der Waals surface area contributed by atoms with Gasteiger partial charge in [0.1, 0.15) is 12.4 Å². The molecule has 7 heteroatoms. The quantitative estimate of drug-likeness (QED) is 0.176. The Morgan fingerprint density at radius 1 is 0.833 bits per heavy atom. The first-order valence-electron chi connectivity index (χ1n) is 13.7. The number of aromatic nitrogens is 3. The summed E-state index contributed by atoms with van der Waals surface area (Å²) in [4.78, 5) is 25.3. The maximum atomic E-state index is 15.3. The van der Waals surface area contributed by atoms with Gasteiger partial charge in [0.2, 0.25) is 0 Å². The molecule has 0 aliphatic carbocycles. The fourth-order valence-corrected chi connectivity index (χ4v) is 6.03. The van der Waals surface area contributed by atoms with Crippen LogP contribution in [0.5, 0.6) is 5.75 Å². The highest BCUT2D eigenvalue weighted by molar-refractivity contribution is 7.18. The van der Waals surface area contributed by atoms with Gasteiger partial charge in [-0.15, -0.1) is 11.3 Å². The fraction of sp³-hybridized carbons (Fsp3) is 0.114. The Morgan fingerprint density at radius 2 is 1.57 bits per heavy atom. The number of para-hydroxylation sites is 1. The molecule has 0 radical (unpaired) electrons. The summed E-state index contributed by atoms with van der Waals surface area (Å²) >= 11 is 1.53. The molecule has 0 saturated heterocycles. The van der Waals surface area contributed by atoms with Crippen molar-refractivity contribution in [3.8, 4) is 38.0 Å². The molecule has 208 valence electrons. The Bertz CT molecular complexity index is 1870. The zero-order chi connectivity index (χ0) is 28.9. The normalized spacial score (nSPS) is 11.0. The lowest BCUT2D eigenvalue weighted by Gasteiger charge is -2.18. The first-order valence-corrected chi connectivity index (χ1v) is 14.5. The summed E-state index contributed by atoms with van der Waals surface area (Å²) in [5.74, 6) is -0.0546. The van der Waals surface area contributed by atoms with E-state index >= 15 is 4.39 Å². The molecule has 3 aromatic carbocycles. The van der Waals surface area contributed by atoms with Crippen molar-refractivity contribution in [3.63, 3.8) is 0 Å². The van der Waals surface area contributed by atoms with Crippen LogP contribution in [0, 0.1) is 12.7 Å². The molecule has 6 aromatic rings. The minimum absolute atomic E-state index is 0.0730. The van der Waals surface area contributed by atoms with Crippen LogP contribution < -0.4 is 10.3 Å². The predicted octanol–water partition coefficient (Wildman–Crippen LogP) is 7.97. The van der Waals surface area contributed by atoms with Gasteiger partial charge in [0.25, 0.3) is 5.56 Å². The second-order valence-corrected chi connectivity index (χ2v) is 11.0. The summed E-state index contributed by atoms with van der Waals surface area (Å²) in [5, 5.41) is 0. The second kappa shape index (κ2) is 12.3. The van der Waals surface area contributed by atoms with Gasteiger partial charge in [-0.2, -0.15) is 0 Å². The second-order valence-electron chi connectivity index (χ2n) is 9.88. The van der Waals surface area contributed by atoms with Crippen LogP contribution in [-0.2, 0) is 19.6 Å². The maximum absolute atomic E-state index is 15.3. The highest BCUT2D eigenvalue weighted by Crippen LogP contribution is 2.36. The molecule has 0 saturated carbocycles. The van der Waals surface area contributed by atoms with E-state index in [1.54, 1.807) is 22.9 Å². The van der Waals surface area contributed by atoms with Crippen molar-refractivity contribution >= 4 is 11.3 Å². The van der Waals surface area contributed by atoms with E-state index in [0.717, 1.165) is 26.4 Å². The predicted molar refractivity (Wildman–Crippen MR) is 166 cm³/mol. The van der Waals surface area contributed by atoms with E-state index in [1.165, 1.54) is 17.4 Å². The number of ether oxygens (including phenoxy) is 1. The lowest BCUT2D eigenvalue weighted by Crippen LogP contribution is -2.27. The van der Waals surface area contributed by atoms with Crippen LogP contribution in [0.4, 0.5) is 4.39 Å². The maximum Gasteiger partial charge on any atom is 0.262 e. The van der Waals surface area contributed by atoms with E-state index in [0.29, 0.717) is 35.6 Å². The molecule has 0 unspecified atom stereocenters. The van der Waals surface area contributed by atoms with Gasteiger partial charge in [-0.3, -0.25) is 14.3 Å². The van der Waals surface area contributed by atoms with Gasteiger partial charge >= 0.3 is 0 Å². The van der Waals surface area contributed by atoms with Gasteiger partial charge in [0, 0.05) is 34.3 Å². The van der Waals surface area contributed by atoms with Crippen LogP contribution in [-0.4, -0.2) is 14.5 Å². The number of thiophene rings is 1. The van der Waals surface area contributed by atoms with Crippen molar-refractivity contribution in [1.29, 1.82) is 0 Å². The van der Waals surface area contributed by atoms with Crippen LogP contribution in [0.1, 0.15) is 16.8 Å². The minimum atomic E-state index is -0.506. The molecule has 0 N–H and O–H groups in total. The molecule has 0 bridgehead atoms. The SMILES string of the molecule is Cc1nc(-c2cccc(F)c2OCc2ccccc2)n(CCc2ccccc2)c(=O)c1-c1ccc(-c2cccnc2)s1. The summed E-state index contributed by atoms with van der Waals surface area (Å²) in [6.45, 7) is 2.38. The van der Waals surface area contributed by atoms with Crippen molar-refractivity contribution < 1.29 is 9.13 Å². The van der Waals surface area contributed by atoms with Crippen LogP contribution >= 0.6 is 11.3 Å². The topological polar surface area (TPSA) is 57.0 Å². The standard InChI is InChI=1S/C35H28FN3O2S/c1-24-32(31-18-17-30(42-31)27-14-9-20-37-22-27)35(40)39(21-19-25-10-4-2-5-11-25)34(38-24)28-15-8-16-29(36)33(28)41-23-26-12-6-3-7-13-26/h2-18,20,22H,19,21,23H2,1H3. The monoisotopic (exact) mass is 573 g/mol. The van der Waals surface area contributed by atoms with E-state index in [9.17, 15) is 4.79 Å². The van der Waals surface area contributed by atoms with E-state index in [4.69, 9.17) is 9.72 Å². The smallest absolute Gasteiger partial charge is 0.262 e. The number of rotatable bonds is 9. The van der Waals surface area contributed by atoms with E-state index in [2.05, 4.69) is 4.98 Å². The molecule has 0 spiro atoms. The number of nitrogens with zero attached hydrogens (tertiary/aromatic N) is 3. The number of benzene rings is 3. The molecule has 42 heavy (non-hydrogen) atoms. The highest BCUT2D eigenvalue weighted by Gasteiger charge is 2.22. The molecule has 6 rings (SSSR count). The van der Waals surface area contributed by atoms with Gasteiger partial charge in [0.15, 0.2) is 11.6 Å². The number of hydrogen-bond acceptors (Lipinski definition) is 5. The third-order valence-electron chi connectivity index (χ3n) is 7.05. The highest BCUT2D eigenvalue weighted by atomic mass is 32.1. The van der Waals surface area contributed by atoms with Crippen molar-refractivity contribution in [2.45, 2.75) is 26.5 Å². The molecule has 0 fully saturated rings. The Balaban J connectivity index is 1.46. The van der Waals surface area contributed by atoms with Crippen molar-refractivity contribution in [3.05, 3.63) is 149 Å². The third-order valence-corrected chi connectivity index (χ3v) is 8.20. The molecular weight excluding hydrogens is 545 g/mol. The number of pyridine rings is 1. The average molecular weight is 574 g/mol. The average Bonchev–Trinajstić information content (AvgIpc) is 3.51. The lowest BCUT2D eigenvalue weighted by atomic mass is 10.1. The first kappa shape index (κ1) is 27.3. The minimum Gasteiger partial charge on any atom is -0.485 e.